The maximum Gasteiger partial charge on any atom is 0.408 e. The van der Waals surface area contributed by atoms with Crippen LogP contribution in [0.4, 0.5) is 17.6 Å². The van der Waals surface area contributed by atoms with Crippen molar-refractivity contribution < 1.29 is 37.1 Å². The van der Waals surface area contributed by atoms with E-state index in [1.54, 1.807) is 24.3 Å². The van der Waals surface area contributed by atoms with Gasteiger partial charge >= 0.3 is 6.18 Å². The molecule has 3 amide bonds. The third-order valence-corrected chi connectivity index (χ3v) is 7.56. The van der Waals surface area contributed by atoms with Gasteiger partial charge in [-0.05, 0) is 50.5 Å². The van der Waals surface area contributed by atoms with Gasteiger partial charge < -0.3 is 21.1 Å². The predicted octanol–water partition coefficient (Wildman–Crippen LogP) is 2.09. The second kappa shape index (κ2) is 12.4. The van der Waals surface area contributed by atoms with E-state index in [1.165, 1.54) is 37.1 Å². The number of aliphatic hydroxyl groups is 1. The van der Waals surface area contributed by atoms with Gasteiger partial charge in [-0.1, -0.05) is 18.2 Å². The van der Waals surface area contributed by atoms with E-state index in [0.717, 1.165) is 0 Å². The number of nitrogens with two attached hydrogens (primary N) is 1. The normalized spacial score (nSPS) is 19.6. The van der Waals surface area contributed by atoms with Crippen molar-refractivity contribution in [3.8, 4) is 0 Å². The number of carbonyl (C=O) groups excluding carboxylic acids is 3. The van der Waals surface area contributed by atoms with Gasteiger partial charge in [0, 0.05) is 43.4 Å². The molecular formula is C29H34F4N6O4. The van der Waals surface area contributed by atoms with Crippen LogP contribution in [0.15, 0.2) is 47.7 Å². The molecule has 2 unspecified atom stereocenters. The van der Waals surface area contributed by atoms with E-state index in [2.05, 4.69) is 15.4 Å². The Labute approximate surface area is 245 Å². The molecule has 0 aliphatic carbocycles. The molecule has 232 valence electrons. The zero-order valence-electron chi connectivity index (χ0n) is 23.8. The van der Waals surface area contributed by atoms with Crippen molar-refractivity contribution in [2.24, 2.45) is 16.3 Å². The number of nitrogens with one attached hydrogen (secondary N) is 1. The van der Waals surface area contributed by atoms with Crippen molar-refractivity contribution in [3.63, 3.8) is 0 Å². The molecule has 10 nitrogen and oxygen atoms in total. The minimum Gasteiger partial charge on any atom is -0.392 e. The van der Waals surface area contributed by atoms with Gasteiger partial charge in [0.1, 0.15) is 23.8 Å². The predicted molar refractivity (Wildman–Crippen MR) is 148 cm³/mol. The van der Waals surface area contributed by atoms with Gasteiger partial charge in [-0.2, -0.15) is 18.3 Å². The molecule has 43 heavy (non-hydrogen) atoms. The number of fused-ring (bicyclic) bond motifs is 1. The van der Waals surface area contributed by atoms with Crippen molar-refractivity contribution in [3.05, 3.63) is 65.2 Å². The van der Waals surface area contributed by atoms with Crippen molar-refractivity contribution in [1.29, 1.82) is 0 Å². The summed E-state index contributed by atoms with van der Waals surface area (Å²) in [6.07, 6.45) is -3.02. The molecule has 1 fully saturated rings. The second-order valence-corrected chi connectivity index (χ2v) is 11.5. The highest BCUT2D eigenvalue weighted by molar-refractivity contribution is 6.13. The first-order chi connectivity index (χ1) is 20.1. The van der Waals surface area contributed by atoms with Crippen LogP contribution in [0.5, 0.6) is 0 Å². The van der Waals surface area contributed by atoms with Crippen LogP contribution in [0, 0.1) is 11.2 Å². The number of rotatable bonds is 10. The Bertz CT molecular complexity index is 1400. The van der Waals surface area contributed by atoms with Crippen LogP contribution in [0.1, 0.15) is 43.5 Å². The highest BCUT2D eigenvalue weighted by Gasteiger charge is 2.56. The summed E-state index contributed by atoms with van der Waals surface area (Å²) in [5, 5.41) is 16.4. The number of alkyl halides is 3. The summed E-state index contributed by atoms with van der Waals surface area (Å²) in [5.74, 6) is -2.68. The SMILES string of the molecule is CC(C)(N)C(=O)NC(CCc1ccc(CO)c(F)c1)C(=O)N1CCC2=NN(CC(F)(F)F)C(=O)C2(Cc2ccccn2)C1. The topological polar surface area (TPSA) is 141 Å². The number of piperidine rings is 1. The Morgan fingerprint density at radius 2 is 1.95 bits per heavy atom. The molecule has 2 atom stereocenters. The summed E-state index contributed by atoms with van der Waals surface area (Å²) < 4.78 is 54.2. The largest absolute Gasteiger partial charge is 0.408 e. The Morgan fingerprint density at radius 1 is 1.21 bits per heavy atom. The summed E-state index contributed by atoms with van der Waals surface area (Å²) in [6, 6.07) is 8.11. The average Bonchev–Trinajstić information content (AvgIpc) is 3.19. The first-order valence-electron chi connectivity index (χ1n) is 13.8. The van der Waals surface area contributed by atoms with Gasteiger partial charge in [0.25, 0.3) is 5.91 Å². The van der Waals surface area contributed by atoms with Crippen LogP contribution in [0.25, 0.3) is 0 Å². The Kier molecular flexibility index (Phi) is 9.21. The first-order valence-corrected chi connectivity index (χ1v) is 13.8. The van der Waals surface area contributed by atoms with Crippen molar-refractivity contribution in [2.75, 3.05) is 19.6 Å². The van der Waals surface area contributed by atoms with Gasteiger partial charge in [0.15, 0.2) is 0 Å². The smallest absolute Gasteiger partial charge is 0.392 e. The van der Waals surface area contributed by atoms with E-state index in [-0.39, 0.29) is 50.0 Å². The lowest BCUT2D eigenvalue weighted by Crippen LogP contribution is -2.61. The molecule has 0 spiro atoms. The fourth-order valence-corrected chi connectivity index (χ4v) is 5.27. The van der Waals surface area contributed by atoms with Crippen LogP contribution < -0.4 is 11.1 Å². The summed E-state index contributed by atoms with van der Waals surface area (Å²) in [6.45, 7) is 0.660. The van der Waals surface area contributed by atoms with E-state index >= 15 is 0 Å². The third kappa shape index (κ3) is 7.36. The summed E-state index contributed by atoms with van der Waals surface area (Å²) in [7, 11) is 0. The summed E-state index contributed by atoms with van der Waals surface area (Å²) >= 11 is 0. The van der Waals surface area contributed by atoms with Gasteiger partial charge in [0.05, 0.1) is 17.9 Å². The van der Waals surface area contributed by atoms with Gasteiger partial charge in [-0.25, -0.2) is 9.40 Å². The number of amides is 3. The number of benzene rings is 1. The van der Waals surface area contributed by atoms with Crippen molar-refractivity contribution in [1.82, 2.24) is 20.2 Å². The molecule has 14 heteroatoms. The first kappa shape index (κ1) is 32.0. The fraction of sp³-hybridized carbons (Fsp3) is 0.483. The number of hydrogen-bond donors (Lipinski definition) is 3. The standard InChI is InChI=1S/C29H34F4N6O4/c1-27(2,34)25(42)36-22(9-7-18-6-8-19(15-40)21(30)13-18)24(41)38-12-10-23-28(16-38,14-20-5-3-4-11-35-20)26(43)39(37-23)17-29(31,32)33/h3-6,8,11,13,22,40H,7,9-10,12,14-17,34H2,1-2H3,(H,36,42). The van der Waals surface area contributed by atoms with Crippen LogP contribution >= 0.6 is 0 Å². The number of carbonyl (C=O) groups is 3. The molecular weight excluding hydrogens is 572 g/mol. The number of nitrogens with zero attached hydrogens (tertiary/aromatic N) is 4. The zero-order valence-corrected chi connectivity index (χ0v) is 23.8. The van der Waals surface area contributed by atoms with Crippen LogP contribution in [-0.4, -0.2) is 80.8 Å². The number of aryl methyl sites for hydroxylation is 1. The van der Waals surface area contributed by atoms with Crippen LogP contribution in [0.3, 0.4) is 0 Å². The second-order valence-electron chi connectivity index (χ2n) is 11.5. The highest BCUT2D eigenvalue weighted by Crippen LogP contribution is 2.39. The fourth-order valence-electron chi connectivity index (χ4n) is 5.27. The number of aliphatic hydroxyl groups excluding tert-OH is 1. The van der Waals surface area contributed by atoms with Gasteiger partial charge in [-0.15, -0.1) is 0 Å². The highest BCUT2D eigenvalue weighted by atomic mass is 19.4. The summed E-state index contributed by atoms with van der Waals surface area (Å²) in [4.78, 5) is 46.0. The monoisotopic (exact) mass is 606 g/mol. The van der Waals surface area contributed by atoms with Crippen molar-refractivity contribution >= 4 is 23.4 Å². The van der Waals surface area contributed by atoms with E-state index < -0.39 is 59.9 Å². The molecule has 4 N–H and O–H groups in total. The number of hydrogen-bond acceptors (Lipinski definition) is 7. The number of likely N-dealkylation sites (tertiary alicyclic amines) is 1. The molecule has 2 aromatic rings. The quantitative estimate of drug-likeness (QED) is 0.354. The minimum atomic E-state index is -4.69. The van der Waals surface area contributed by atoms with E-state index in [9.17, 15) is 37.1 Å². The van der Waals surface area contributed by atoms with E-state index in [0.29, 0.717) is 16.3 Å². The number of pyridine rings is 1. The van der Waals surface area contributed by atoms with Crippen LogP contribution in [0.2, 0.25) is 0 Å². The number of aromatic nitrogens is 1. The van der Waals surface area contributed by atoms with E-state index in [4.69, 9.17) is 5.73 Å². The van der Waals surface area contributed by atoms with E-state index in [1.807, 2.05) is 0 Å². The number of hydrazone groups is 1. The molecule has 1 saturated heterocycles. The molecule has 1 aromatic carbocycles. The molecule has 4 rings (SSSR count). The molecule has 0 radical (unpaired) electrons. The molecule has 2 aliphatic rings. The Morgan fingerprint density at radius 3 is 2.56 bits per heavy atom. The lowest BCUT2D eigenvalue weighted by Gasteiger charge is -2.40. The number of halogens is 4. The Hall–Kier alpha value is -3.91. The van der Waals surface area contributed by atoms with Crippen LogP contribution in [-0.2, 0) is 33.8 Å². The minimum absolute atomic E-state index is 0.0373. The lowest BCUT2D eigenvalue weighted by atomic mass is 9.74. The van der Waals surface area contributed by atoms with Gasteiger partial charge in [0.2, 0.25) is 11.8 Å². The molecule has 0 bridgehead atoms. The molecule has 1 aromatic heterocycles. The maximum atomic E-state index is 14.3. The third-order valence-electron chi connectivity index (χ3n) is 7.56. The maximum absolute atomic E-state index is 14.3. The molecule has 0 saturated carbocycles. The zero-order chi connectivity index (χ0) is 31.6. The lowest BCUT2D eigenvalue weighted by molar-refractivity contribution is -0.164. The van der Waals surface area contributed by atoms with Gasteiger partial charge in [-0.3, -0.25) is 19.4 Å². The Balaban J connectivity index is 1.62. The summed E-state index contributed by atoms with van der Waals surface area (Å²) in [5.41, 5.74) is 4.34. The average molecular weight is 607 g/mol. The van der Waals surface area contributed by atoms with Crippen molar-refractivity contribution in [2.45, 2.75) is 63.9 Å². The molecule has 3 heterocycles. The molecule has 2 aliphatic heterocycles.